The van der Waals surface area contributed by atoms with Crippen molar-refractivity contribution in [1.29, 1.82) is 0 Å². The van der Waals surface area contributed by atoms with Crippen molar-refractivity contribution in [3.63, 3.8) is 0 Å². The zero-order valence-electron chi connectivity index (χ0n) is 14.8. The smallest absolute Gasteiger partial charge is 0.255 e. The van der Waals surface area contributed by atoms with Gasteiger partial charge in [-0.1, -0.05) is 36.4 Å². The van der Waals surface area contributed by atoms with Crippen LogP contribution in [0.4, 0.5) is 15.8 Å². The summed E-state index contributed by atoms with van der Waals surface area (Å²) in [5.74, 6) is -0.762. The Labute approximate surface area is 157 Å². The van der Waals surface area contributed by atoms with E-state index in [1.165, 1.54) is 12.1 Å². The minimum absolute atomic E-state index is 0.139. The quantitative estimate of drug-likeness (QED) is 0.699. The molecule has 136 valence electrons. The Hall–Kier alpha value is -3.47. The second-order valence-corrected chi connectivity index (χ2v) is 6.15. The van der Waals surface area contributed by atoms with Gasteiger partial charge in [0.05, 0.1) is 6.42 Å². The van der Waals surface area contributed by atoms with Crippen LogP contribution < -0.4 is 10.6 Å². The van der Waals surface area contributed by atoms with Gasteiger partial charge in [-0.25, -0.2) is 4.39 Å². The predicted molar refractivity (Wildman–Crippen MR) is 104 cm³/mol. The molecule has 3 aromatic rings. The number of hydrogen-bond donors (Lipinski definition) is 2. The topological polar surface area (TPSA) is 58.2 Å². The van der Waals surface area contributed by atoms with E-state index in [0.717, 1.165) is 11.1 Å². The van der Waals surface area contributed by atoms with Crippen LogP contribution in [0.15, 0.2) is 72.8 Å². The molecule has 0 aliphatic carbocycles. The number of benzene rings is 3. The van der Waals surface area contributed by atoms with Crippen molar-refractivity contribution in [3.8, 4) is 0 Å². The lowest BCUT2D eigenvalue weighted by Gasteiger charge is -2.13. The highest BCUT2D eigenvalue weighted by molar-refractivity contribution is 6.05. The maximum atomic E-state index is 13.0. The van der Waals surface area contributed by atoms with Crippen molar-refractivity contribution in [2.24, 2.45) is 0 Å². The molecule has 0 fully saturated rings. The van der Waals surface area contributed by atoms with E-state index in [-0.39, 0.29) is 24.1 Å². The third-order valence-electron chi connectivity index (χ3n) is 4.17. The fourth-order valence-corrected chi connectivity index (χ4v) is 2.67. The number of halogens is 1. The highest BCUT2D eigenvalue weighted by Gasteiger charge is 2.11. The van der Waals surface area contributed by atoms with E-state index in [4.69, 9.17) is 0 Å². The average Bonchev–Trinajstić information content (AvgIpc) is 2.67. The standard InChI is InChI=1S/C22H19FN2O2/c1-15-19(24-21(26)14-16-10-12-18(23)13-11-16)8-5-9-20(15)25-22(27)17-6-3-2-4-7-17/h2-13H,14H2,1H3,(H,24,26)(H,25,27). The molecule has 0 aromatic heterocycles. The normalized spacial score (nSPS) is 10.3. The van der Waals surface area contributed by atoms with Crippen LogP contribution >= 0.6 is 0 Å². The monoisotopic (exact) mass is 362 g/mol. The van der Waals surface area contributed by atoms with Crippen LogP contribution in [0.3, 0.4) is 0 Å². The van der Waals surface area contributed by atoms with E-state index in [2.05, 4.69) is 10.6 Å². The average molecular weight is 362 g/mol. The Morgan fingerprint density at radius 3 is 2.11 bits per heavy atom. The molecule has 0 bridgehead atoms. The summed E-state index contributed by atoms with van der Waals surface area (Å²) in [4.78, 5) is 24.6. The van der Waals surface area contributed by atoms with E-state index >= 15 is 0 Å². The first-order valence-corrected chi connectivity index (χ1v) is 8.53. The summed E-state index contributed by atoms with van der Waals surface area (Å²) in [6.07, 6.45) is 0.139. The molecule has 2 amide bonds. The van der Waals surface area contributed by atoms with E-state index in [0.29, 0.717) is 16.9 Å². The number of nitrogens with one attached hydrogen (secondary N) is 2. The largest absolute Gasteiger partial charge is 0.325 e. The van der Waals surface area contributed by atoms with Crippen LogP contribution in [0.1, 0.15) is 21.5 Å². The molecule has 2 N–H and O–H groups in total. The molecule has 0 saturated carbocycles. The van der Waals surface area contributed by atoms with Gasteiger partial charge in [-0.05, 0) is 54.4 Å². The van der Waals surface area contributed by atoms with E-state index in [1.54, 1.807) is 54.6 Å². The minimum atomic E-state index is -0.336. The van der Waals surface area contributed by atoms with Gasteiger partial charge in [0, 0.05) is 16.9 Å². The van der Waals surface area contributed by atoms with Crippen molar-refractivity contribution in [2.75, 3.05) is 10.6 Å². The molecule has 5 heteroatoms. The van der Waals surface area contributed by atoms with Crippen LogP contribution in [-0.2, 0) is 11.2 Å². The number of carbonyl (C=O) groups is 2. The molecule has 27 heavy (non-hydrogen) atoms. The summed E-state index contributed by atoms with van der Waals surface area (Å²) < 4.78 is 13.0. The van der Waals surface area contributed by atoms with Crippen LogP contribution in [0.2, 0.25) is 0 Å². The molecule has 0 aliphatic heterocycles. The van der Waals surface area contributed by atoms with Gasteiger partial charge >= 0.3 is 0 Å². The molecule has 4 nitrogen and oxygen atoms in total. The van der Waals surface area contributed by atoms with Crippen molar-refractivity contribution in [3.05, 3.63) is 95.3 Å². The number of carbonyl (C=O) groups excluding carboxylic acids is 2. The third kappa shape index (κ3) is 4.79. The molecule has 3 rings (SSSR count). The molecule has 0 radical (unpaired) electrons. The lowest BCUT2D eigenvalue weighted by molar-refractivity contribution is -0.115. The highest BCUT2D eigenvalue weighted by atomic mass is 19.1. The van der Waals surface area contributed by atoms with Gasteiger partial charge < -0.3 is 10.6 Å². The van der Waals surface area contributed by atoms with Gasteiger partial charge in [-0.3, -0.25) is 9.59 Å². The molecule has 0 unspecified atom stereocenters. The minimum Gasteiger partial charge on any atom is -0.325 e. The van der Waals surface area contributed by atoms with Crippen molar-refractivity contribution >= 4 is 23.2 Å². The molecule has 0 aliphatic rings. The summed E-state index contributed by atoms with van der Waals surface area (Å²) in [6.45, 7) is 1.83. The van der Waals surface area contributed by atoms with Crippen molar-refractivity contribution in [1.82, 2.24) is 0 Å². The van der Waals surface area contributed by atoms with Gasteiger partial charge in [-0.15, -0.1) is 0 Å². The summed E-state index contributed by atoms with van der Waals surface area (Å²) in [7, 11) is 0. The van der Waals surface area contributed by atoms with E-state index < -0.39 is 0 Å². The Morgan fingerprint density at radius 2 is 1.44 bits per heavy atom. The van der Waals surface area contributed by atoms with E-state index in [9.17, 15) is 14.0 Å². The Bertz CT molecular complexity index is 954. The first-order valence-electron chi connectivity index (χ1n) is 8.53. The van der Waals surface area contributed by atoms with Gasteiger partial charge in [0.1, 0.15) is 5.82 Å². The lowest BCUT2D eigenvalue weighted by atomic mass is 10.1. The van der Waals surface area contributed by atoms with Crippen LogP contribution in [0.25, 0.3) is 0 Å². The van der Waals surface area contributed by atoms with Crippen LogP contribution in [0, 0.1) is 12.7 Å². The summed E-state index contributed by atoms with van der Waals surface area (Å²) in [5, 5.41) is 5.71. The summed E-state index contributed by atoms with van der Waals surface area (Å²) >= 11 is 0. The SMILES string of the molecule is Cc1c(NC(=O)Cc2ccc(F)cc2)cccc1NC(=O)c1ccccc1. The second-order valence-electron chi connectivity index (χ2n) is 6.15. The second kappa shape index (κ2) is 8.27. The van der Waals surface area contributed by atoms with Gasteiger partial charge in [0.2, 0.25) is 5.91 Å². The highest BCUT2D eigenvalue weighted by Crippen LogP contribution is 2.24. The number of amides is 2. The maximum absolute atomic E-state index is 13.0. The Balaban J connectivity index is 1.70. The van der Waals surface area contributed by atoms with Crippen LogP contribution in [0.5, 0.6) is 0 Å². The molecule has 0 spiro atoms. The van der Waals surface area contributed by atoms with Gasteiger partial charge in [0.25, 0.3) is 5.91 Å². The molecule has 0 heterocycles. The zero-order chi connectivity index (χ0) is 19.2. The lowest BCUT2D eigenvalue weighted by Crippen LogP contribution is -2.17. The first kappa shape index (κ1) is 18.3. The Morgan fingerprint density at radius 1 is 0.815 bits per heavy atom. The molecular formula is C22H19FN2O2. The van der Waals surface area contributed by atoms with E-state index in [1.807, 2.05) is 13.0 Å². The first-order chi connectivity index (χ1) is 13.0. The molecule has 3 aromatic carbocycles. The van der Waals surface area contributed by atoms with Gasteiger partial charge in [0.15, 0.2) is 0 Å². The molecule has 0 saturated heterocycles. The van der Waals surface area contributed by atoms with Gasteiger partial charge in [-0.2, -0.15) is 0 Å². The van der Waals surface area contributed by atoms with Crippen molar-refractivity contribution in [2.45, 2.75) is 13.3 Å². The number of anilines is 2. The predicted octanol–water partition coefficient (Wildman–Crippen LogP) is 4.57. The maximum Gasteiger partial charge on any atom is 0.255 e. The fourth-order valence-electron chi connectivity index (χ4n) is 2.67. The molecular weight excluding hydrogens is 343 g/mol. The van der Waals surface area contributed by atoms with Crippen molar-refractivity contribution < 1.29 is 14.0 Å². The summed E-state index contributed by atoms with van der Waals surface area (Å²) in [6, 6.07) is 20.1. The third-order valence-corrected chi connectivity index (χ3v) is 4.17. The number of rotatable bonds is 5. The zero-order valence-corrected chi connectivity index (χ0v) is 14.8. The molecule has 0 atom stereocenters. The fraction of sp³-hybridized carbons (Fsp3) is 0.0909. The summed E-state index contributed by atoms with van der Waals surface area (Å²) in [5.41, 5.74) is 3.29. The Kier molecular flexibility index (Phi) is 5.61. The van der Waals surface area contributed by atoms with Crippen LogP contribution in [-0.4, -0.2) is 11.8 Å². The number of hydrogen-bond acceptors (Lipinski definition) is 2.